The minimum Gasteiger partial charge on any atom is -0.309 e. The van der Waals surface area contributed by atoms with Crippen molar-refractivity contribution in [2.24, 2.45) is 0 Å². The van der Waals surface area contributed by atoms with Crippen LogP contribution in [0.4, 0.5) is 17.6 Å². The zero-order valence-corrected chi connectivity index (χ0v) is 10.6. The van der Waals surface area contributed by atoms with Crippen LogP contribution in [-0.4, -0.2) is 12.1 Å². The molecule has 1 rings (SSSR count). The van der Waals surface area contributed by atoms with Crippen LogP contribution in [-0.2, 0) is 6.18 Å². The molecule has 1 atom stereocenters. The summed E-state index contributed by atoms with van der Waals surface area (Å²) in [7, 11) is 0. The molecule has 18 heavy (non-hydrogen) atoms. The first-order valence-electron chi connectivity index (χ1n) is 5.66. The lowest BCUT2D eigenvalue weighted by molar-refractivity contribution is -0.137. The Hall–Kier alpha value is -1.10. The molecular weight excluding hydrogens is 246 g/mol. The molecule has 0 radical (unpaired) electrons. The van der Waals surface area contributed by atoms with Gasteiger partial charge in [-0.2, -0.15) is 13.2 Å². The SMILES string of the molecule is CC(C)(C)NCC(F)c1ccc(C(F)(F)F)cc1. The number of nitrogens with one attached hydrogen (secondary N) is 1. The van der Waals surface area contributed by atoms with E-state index in [1.54, 1.807) is 0 Å². The minimum absolute atomic E-state index is 0.0782. The van der Waals surface area contributed by atoms with Gasteiger partial charge in [0.15, 0.2) is 0 Å². The van der Waals surface area contributed by atoms with Crippen LogP contribution in [0.25, 0.3) is 0 Å². The van der Waals surface area contributed by atoms with E-state index >= 15 is 0 Å². The van der Waals surface area contributed by atoms with E-state index in [-0.39, 0.29) is 17.6 Å². The lowest BCUT2D eigenvalue weighted by Gasteiger charge is -2.22. The van der Waals surface area contributed by atoms with Crippen molar-refractivity contribution in [2.45, 2.75) is 38.7 Å². The van der Waals surface area contributed by atoms with Gasteiger partial charge in [0.2, 0.25) is 0 Å². The van der Waals surface area contributed by atoms with Gasteiger partial charge in [-0.05, 0) is 38.5 Å². The molecule has 102 valence electrons. The second kappa shape index (κ2) is 5.26. The molecule has 0 aliphatic carbocycles. The minimum atomic E-state index is -4.38. The molecule has 0 aliphatic heterocycles. The average Bonchev–Trinajstić information content (AvgIpc) is 2.24. The number of benzene rings is 1. The Morgan fingerprint density at radius 3 is 1.94 bits per heavy atom. The van der Waals surface area contributed by atoms with Gasteiger partial charge in [0.05, 0.1) is 5.56 Å². The molecule has 0 fully saturated rings. The van der Waals surface area contributed by atoms with Crippen LogP contribution in [0, 0.1) is 0 Å². The summed E-state index contributed by atoms with van der Waals surface area (Å²) < 4.78 is 50.7. The second-order valence-corrected chi connectivity index (χ2v) is 5.22. The van der Waals surface area contributed by atoms with E-state index in [2.05, 4.69) is 5.32 Å². The van der Waals surface area contributed by atoms with Gasteiger partial charge >= 0.3 is 6.18 Å². The number of halogens is 4. The van der Waals surface area contributed by atoms with Crippen molar-refractivity contribution in [3.05, 3.63) is 35.4 Å². The van der Waals surface area contributed by atoms with E-state index in [0.29, 0.717) is 0 Å². The van der Waals surface area contributed by atoms with Gasteiger partial charge < -0.3 is 5.32 Å². The molecule has 0 saturated heterocycles. The Labute approximate surface area is 104 Å². The van der Waals surface area contributed by atoms with Gasteiger partial charge in [-0.3, -0.25) is 0 Å². The molecule has 1 aromatic carbocycles. The molecule has 1 N–H and O–H groups in total. The highest BCUT2D eigenvalue weighted by atomic mass is 19.4. The first kappa shape index (κ1) is 15.0. The highest BCUT2D eigenvalue weighted by molar-refractivity contribution is 5.26. The zero-order valence-electron chi connectivity index (χ0n) is 10.6. The Bertz CT molecular complexity index is 375. The van der Waals surface area contributed by atoms with E-state index in [1.807, 2.05) is 20.8 Å². The third kappa shape index (κ3) is 4.64. The van der Waals surface area contributed by atoms with Crippen molar-refractivity contribution in [1.82, 2.24) is 5.32 Å². The second-order valence-electron chi connectivity index (χ2n) is 5.22. The molecule has 0 spiro atoms. The number of hydrogen-bond acceptors (Lipinski definition) is 1. The van der Waals surface area contributed by atoms with Crippen LogP contribution in [0.1, 0.15) is 38.1 Å². The van der Waals surface area contributed by atoms with Crippen molar-refractivity contribution in [1.29, 1.82) is 0 Å². The van der Waals surface area contributed by atoms with E-state index in [1.165, 1.54) is 12.1 Å². The molecule has 0 saturated carbocycles. The van der Waals surface area contributed by atoms with Gasteiger partial charge in [-0.15, -0.1) is 0 Å². The van der Waals surface area contributed by atoms with Gasteiger partial charge in [0.25, 0.3) is 0 Å². The third-order valence-corrected chi connectivity index (χ3v) is 2.41. The van der Waals surface area contributed by atoms with Gasteiger partial charge in [-0.1, -0.05) is 12.1 Å². The zero-order chi connectivity index (χ0) is 14.0. The lowest BCUT2D eigenvalue weighted by atomic mass is 10.1. The predicted molar refractivity (Wildman–Crippen MR) is 63.0 cm³/mol. The van der Waals surface area contributed by atoms with Crippen molar-refractivity contribution >= 4 is 0 Å². The van der Waals surface area contributed by atoms with E-state index < -0.39 is 17.9 Å². The summed E-state index contributed by atoms with van der Waals surface area (Å²) in [6.45, 7) is 5.76. The summed E-state index contributed by atoms with van der Waals surface area (Å²) in [5, 5.41) is 2.97. The maximum absolute atomic E-state index is 13.8. The maximum atomic E-state index is 13.8. The van der Waals surface area contributed by atoms with Crippen LogP contribution in [0.15, 0.2) is 24.3 Å². The van der Waals surface area contributed by atoms with Crippen LogP contribution in [0.5, 0.6) is 0 Å². The highest BCUT2D eigenvalue weighted by Crippen LogP contribution is 2.30. The fraction of sp³-hybridized carbons (Fsp3) is 0.538. The van der Waals surface area contributed by atoms with E-state index in [9.17, 15) is 17.6 Å². The van der Waals surface area contributed by atoms with Crippen molar-refractivity contribution in [3.63, 3.8) is 0 Å². The normalized spacial score (nSPS) is 14.6. The summed E-state index contributed by atoms with van der Waals surface area (Å²) in [5.74, 6) is 0. The smallest absolute Gasteiger partial charge is 0.309 e. The van der Waals surface area contributed by atoms with Gasteiger partial charge in [0.1, 0.15) is 6.17 Å². The first-order chi connectivity index (χ1) is 8.09. The topological polar surface area (TPSA) is 12.0 Å². The van der Waals surface area contributed by atoms with E-state index in [4.69, 9.17) is 0 Å². The molecule has 0 aliphatic rings. The Morgan fingerprint density at radius 1 is 1.06 bits per heavy atom. The summed E-state index contributed by atoms with van der Waals surface area (Å²) in [6, 6.07) is 4.16. The summed E-state index contributed by atoms with van der Waals surface area (Å²) >= 11 is 0. The van der Waals surface area contributed by atoms with Crippen molar-refractivity contribution < 1.29 is 17.6 Å². The molecule has 0 bridgehead atoms. The Morgan fingerprint density at radius 2 is 1.56 bits per heavy atom. The van der Waals surface area contributed by atoms with Crippen LogP contribution in [0.3, 0.4) is 0 Å². The Balaban J connectivity index is 2.68. The molecule has 1 unspecified atom stereocenters. The summed E-state index contributed by atoms with van der Waals surface area (Å²) in [4.78, 5) is 0. The Kier molecular flexibility index (Phi) is 4.37. The van der Waals surface area contributed by atoms with Gasteiger partial charge in [-0.25, -0.2) is 4.39 Å². The molecular formula is C13H17F4N. The molecule has 0 amide bonds. The fourth-order valence-electron chi connectivity index (χ4n) is 1.39. The molecule has 0 heterocycles. The molecule has 1 nitrogen and oxygen atoms in total. The number of hydrogen-bond donors (Lipinski definition) is 1. The average molecular weight is 263 g/mol. The summed E-state index contributed by atoms with van der Waals surface area (Å²) in [6.07, 6.45) is -5.69. The van der Waals surface area contributed by atoms with Gasteiger partial charge in [0, 0.05) is 12.1 Å². The van der Waals surface area contributed by atoms with E-state index in [0.717, 1.165) is 12.1 Å². The number of rotatable bonds is 3. The standard InChI is InChI=1S/C13H17F4N/c1-12(2,3)18-8-11(14)9-4-6-10(7-5-9)13(15,16)17/h4-7,11,18H,8H2,1-3H3. The van der Waals surface area contributed by atoms with Crippen LogP contribution >= 0.6 is 0 Å². The third-order valence-electron chi connectivity index (χ3n) is 2.41. The fourth-order valence-corrected chi connectivity index (χ4v) is 1.39. The van der Waals surface area contributed by atoms with Crippen LogP contribution < -0.4 is 5.32 Å². The van der Waals surface area contributed by atoms with Crippen molar-refractivity contribution in [2.75, 3.05) is 6.54 Å². The van der Waals surface area contributed by atoms with Crippen LogP contribution in [0.2, 0.25) is 0 Å². The highest BCUT2D eigenvalue weighted by Gasteiger charge is 2.30. The number of alkyl halides is 4. The molecule has 5 heteroatoms. The van der Waals surface area contributed by atoms with Crippen molar-refractivity contribution in [3.8, 4) is 0 Å². The first-order valence-corrected chi connectivity index (χ1v) is 5.66. The lowest BCUT2D eigenvalue weighted by Crippen LogP contribution is -2.37. The quantitative estimate of drug-likeness (QED) is 0.809. The maximum Gasteiger partial charge on any atom is 0.416 e. The largest absolute Gasteiger partial charge is 0.416 e. The molecule has 1 aromatic rings. The summed E-state index contributed by atoms with van der Waals surface area (Å²) in [5.41, 5.74) is -0.738. The predicted octanol–water partition coefficient (Wildman–Crippen LogP) is 4.10. The molecule has 0 aromatic heterocycles. The monoisotopic (exact) mass is 263 g/mol.